The third-order valence-electron chi connectivity index (χ3n) is 4.07. The summed E-state index contributed by atoms with van der Waals surface area (Å²) in [5.74, 6) is -0.565. The first-order valence-electron chi connectivity index (χ1n) is 8.36. The Bertz CT molecular complexity index is 713. The number of methoxy groups -OCH3 is 1. The molecule has 0 saturated carbocycles. The number of nitrogens with zero attached hydrogens (tertiary/aromatic N) is 2. The first-order chi connectivity index (χ1) is 12.1. The minimum absolute atomic E-state index is 0.221. The summed E-state index contributed by atoms with van der Waals surface area (Å²) in [5.41, 5.74) is -0.157. The summed E-state index contributed by atoms with van der Waals surface area (Å²) in [5, 5.41) is 2.89. The number of amides is 1. The van der Waals surface area contributed by atoms with E-state index in [9.17, 15) is 14.4 Å². The number of hydrogen-bond acceptors (Lipinski definition) is 7. The van der Waals surface area contributed by atoms with Crippen LogP contribution in [0.15, 0.2) is 12.4 Å². The molecule has 1 aromatic rings. The molecule has 1 aliphatic rings. The molecule has 1 aromatic heterocycles. The van der Waals surface area contributed by atoms with E-state index in [-0.39, 0.29) is 5.56 Å². The second-order valence-electron chi connectivity index (χ2n) is 7.59. The molecule has 0 aliphatic carbocycles. The number of carbonyl (C=O) groups is 3. The van der Waals surface area contributed by atoms with Gasteiger partial charge in [0.15, 0.2) is 6.29 Å². The van der Waals surface area contributed by atoms with Crippen molar-refractivity contribution < 1.29 is 23.9 Å². The van der Waals surface area contributed by atoms with Crippen LogP contribution in [0.5, 0.6) is 0 Å². The highest BCUT2D eigenvalue weighted by atomic mass is 16.6. The lowest BCUT2D eigenvalue weighted by molar-refractivity contribution is 0.0472. The molecule has 1 aliphatic heterocycles. The number of carbonyl (C=O) groups excluding carboxylic acids is 3. The van der Waals surface area contributed by atoms with Crippen molar-refractivity contribution in [1.29, 1.82) is 0 Å². The van der Waals surface area contributed by atoms with Crippen molar-refractivity contribution in [3.05, 3.63) is 23.5 Å². The highest BCUT2D eigenvalue weighted by Crippen LogP contribution is 2.31. The summed E-state index contributed by atoms with van der Waals surface area (Å²) >= 11 is 0. The zero-order chi connectivity index (χ0) is 19.5. The molecule has 0 spiro atoms. The predicted molar refractivity (Wildman–Crippen MR) is 95.6 cm³/mol. The van der Waals surface area contributed by atoms with Gasteiger partial charge in [-0.05, 0) is 34.1 Å². The molecule has 8 heteroatoms. The topological polar surface area (TPSA) is 97.8 Å². The average molecular weight is 363 g/mol. The molecule has 1 amide bonds. The number of pyridine rings is 1. The zero-order valence-corrected chi connectivity index (χ0v) is 15.8. The van der Waals surface area contributed by atoms with E-state index in [0.717, 1.165) is 0 Å². The lowest BCUT2D eigenvalue weighted by Gasteiger charge is -2.29. The van der Waals surface area contributed by atoms with Crippen LogP contribution in [0.3, 0.4) is 0 Å². The van der Waals surface area contributed by atoms with Crippen LogP contribution in [-0.2, 0) is 9.47 Å². The maximum Gasteiger partial charge on any atom is 0.408 e. The third-order valence-corrected chi connectivity index (χ3v) is 4.07. The zero-order valence-electron chi connectivity index (χ0n) is 15.8. The Morgan fingerprint density at radius 3 is 2.62 bits per heavy atom. The number of esters is 1. The number of anilines is 1. The molecular weight excluding hydrogens is 338 g/mol. The number of ether oxygens (including phenoxy) is 2. The van der Waals surface area contributed by atoms with Crippen LogP contribution < -0.4 is 10.2 Å². The second-order valence-corrected chi connectivity index (χ2v) is 7.59. The van der Waals surface area contributed by atoms with Gasteiger partial charge in [0.2, 0.25) is 0 Å². The first kappa shape index (κ1) is 19.7. The lowest BCUT2D eigenvalue weighted by Crippen LogP contribution is -2.49. The monoisotopic (exact) mass is 363 g/mol. The van der Waals surface area contributed by atoms with E-state index in [2.05, 4.69) is 10.3 Å². The van der Waals surface area contributed by atoms with E-state index in [4.69, 9.17) is 9.47 Å². The molecule has 0 bridgehead atoms. The van der Waals surface area contributed by atoms with Crippen LogP contribution in [0.1, 0.15) is 54.8 Å². The van der Waals surface area contributed by atoms with Gasteiger partial charge < -0.3 is 19.7 Å². The molecule has 0 aromatic carbocycles. The summed E-state index contributed by atoms with van der Waals surface area (Å²) in [6.07, 6.45) is 3.58. The van der Waals surface area contributed by atoms with Crippen LogP contribution in [-0.4, -0.2) is 54.7 Å². The molecule has 0 radical (unpaired) electrons. The Kier molecular flexibility index (Phi) is 5.53. The summed E-state index contributed by atoms with van der Waals surface area (Å²) in [4.78, 5) is 41.4. The summed E-state index contributed by atoms with van der Waals surface area (Å²) < 4.78 is 10.1. The van der Waals surface area contributed by atoms with E-state index in [1.165, 1.54) is 19.5 Å². The maximum absolute atomic E-state index is 12.1. The Balaban J connectivity index is 2.24. The SMILES string of the molecule is COC(=O)c1cncc(C=O)c1N1CC[C@](C)(NC(=O)OC(C)(C)C)C1. The first-order valence-corrected chi connectivity index (χ1v) is 8.36. The van der Waals surface area contributed by atoms with Crippen molar-refractivity contribution in [3.8, 4) is 0 Å². The minimum atomic E-state index is -0.591. The van der Waals surface area contributed by atoms with Crippen LogP contribution in [0.4, 0.5) is 10.5 Å². The van der Waals surface area contributed by atoms with E-state index in [1.54, 1.807) is 20.8 Å². The smallest absolute Gasteiger partial charge is 0.408 e. The average Bonchev–Trinajstić information content (AvgIpc) is 2.92. The van der Waals surface area contributed by atoms with Crippen LogP contribution in [0, 0.1) is 0 Å². The summed E-state index contributed by atoms with van der Waals surface area (Å²) in [6, 6.07) is 0. The van der Waals surface area contributed by atoms with Crippen LogP contribution in [0.25, 0.3) is 0 Å². The largest absolute Gasteiger partial charge is 0.465 e. The summed E-state index contributed by atoms with van der Waals surface area (Å²) in [7, 11) is 1.28. The van der Waals surface area contributed by atoms with Crippen molar-refractivity contribution in [2.45, 2.75) is 45.3 Å². The quantitative estimate of drug-likeness (QED) is 0.647. The fourth-order valence-corrected chi connectivity index (χ4v) is 2.97. The highest BCUT2D eigenvalue weighted by Gasteiger charge is 2.38. The van der Waals surface area contributed by atoms with E-state index in [0.29, 0.717) is 37.0 Å². The molecule has 8 nitrogen and oxygen atoms in total. The molecule has 1 atom stereocenters. The van der Waals surface area contributed by atoms with Crippen molar-refractivity contribution >= 4 is 24.0 Å². The number of rotatable bonds is 4. The normalized spacial score (nSPS) is 19.8. The van der Waals surface area contributed by atoms with Gasteiger partial charge in [-0.1, -0.05) is 0 Å². The van der Waals surface area contributed by atoms with Gasteiger partial charge in [0, 0.05) is 25.5 Å². The lowest BCUT2D eigenvalue weighted by atomic mass is 10.0. The van der Waals surface area contributed by atoms with Crippen molar-refractivity contribution in [2.24, 2.45) is 0 Å². The Morgan fingerprint density at radius 2 is 2.04 bits per heavy atom. The van der Waals surface area contributed by atoms with Crippen LogP contribution >= 0.6 is 0 Å². The molecule has 142 valence electrons. The van der Waals surface area contributed by atoms with Gasteiger partial charge >= 0.3 is 12.1 Å². The van der Waals surface area contributed by atoms with Gasteiger partial charge in [0.1, 0.15) is 11.2 Å². The third kappa shape index (κ3) is 4.50. The van der Waals surface area contributed by atoms with Gasteiger partial charge in [0.05, 0.1) is 23.9 Å². The van der Waals surface area contributed by atoms with E-state index < -0.39 is 23.2 Å². The van der Waals surface area contributed by atoms with Gasteiger partial charge in [0.25, 0.3) is 0 Å². The van der Waals surface area contributed by atoms with Crippen molar-refractivity contribution in [3.63, 3.8) is 0 Å². The minimum Gasteiger partial charge on any atom is -0.465 e. The van der Waals surface area contributed by atoms with Gasteiger partial charge in [-0.2, -0.15) is 0 Å². The Labute approximate surface area is 152 Å². The maximum atomic E-state index is 12.1. The van der Waals surface area contributed by atoms with Crippen molar-refractivity contribution in [1.82, 2.24) is 10.3 Å². The summed E-state index contributed by atoms with van der Waals surface area (Å²) in [6.45, 7) is 8.27. The molecule has 26 heavy (non-hydrogen) atoms. The van der Waals surface area contributed by atoms with Crippen LogP contribution in [0.2, 0.25) is 0 Å². The molecule has 1 N–H and O–H groups in total. The molecule has 2 heterocycles. The number of aldehydes is 1. The molecule has 1 fully saturated rings. The second kappa shape index (κ2) is 7.31. The van der Waals surface area contributed by atoms with Gasteiger partial charge in [-0.15, -0.1) is 0 Å². The molecule has 0 unspecified atom stereocenters. The number of nitrogens with one attached hydrogen (secondary N) is 1. The standard InChI is InChI=1S/C18H25N3O5/c1-17(2,3)26-16(24)20-18(4)6-7-21(11-18)14-12(10-22)8-19-9-13(14)15(23)25-5/h8-10H,6-7,11H2,1-5H3,(H,20,24)/t18-/m0/s1. The van der Waals surface area contributed by atoms with E-state index >= 15 is 0 Å². The van der Waals surface area contributed by atoms with Gasteiger partial charge in [-0.25, -0.2) is 9.59 Å². The fourth-order valence-electron chi connectivity index (χ4n) is 2.97. The molecular formula is C18H25N3O5. The predicted octanol–water partition coefficient (Wildman–Crippen LogP) is 2.17. The van der Waals surface area contributed by atoms with E-state index in [1.807, 2.05) is 11.8 Å². The number of hydrogen-bond donors (Lipinski definition) is 1. The number of aromatic nitrogens is 1. The molecule has 1 saturated heterocycles. The Hall–Kier alpha value is -2.64. The number of alkyl carbamates (subject to hydrolysis) is 1. The van der Waals surface area contributed by atoms with Crippen molar-refractivity contribution in [2.75, 3.05) is 25.1 Å². The fraction of sp³-hybridized carbons (Fsp3) is 0.556. The Morgan fingerprint density at radius 1 is 1.35 bits per heavy atom. The molecule has 2 rings (SSSR count). The highest BCUT2D eigenvalue weighted by molar-refractivity contribution is 6.00. The van der Waals surface area contributed by atoms with Gasteiger partial charge in [-0.3, -0.25) is 9.78 Å².